The maximum atomic E-state index is 10.7. The van der Waals surface area contributed by atoms with Gasteiger partial charge in [0.2, 0.25) is 6.41 Å². The van der Waals surface area contributed by atoms with Gasteiger partial charge in [-0.05, 0) is 43.2 Å². The van der Waals surface area contributed by atoms with E-state index in [4.69, 9.17) is 0 Å². The van der Waals surface area contributed by atoms with Crippen LogP contribution in [0.25, 0.3) is 27.5 Å². The van der Waals surface area contributed by atoms with Crippen molar-refractivity contribution in [1.82, 2.24) is 19.6 Å². The standard InChI is InChI=1S/C20H19N5O2/c1-3-19(27)16-6-12(2)15(10-21-16)18-7-13-9-22-20(23-11-26)8-14(13)17-4-5-24-25(17)18/h4-11,19,27H,3H2,1-2H3,(H,22,23,26). The second-order valence-electron chi connectivity index (χ2n) is 6.42. The molecule has 0 aliphatic heterocycles. The molecule has 1 unspecified atom stereocenters. The molecule has 27 heavy (non-hydrogen) atoms. The van der Waals surface area contributed by atoms with E-state index in [0.717, 1.165) is 33.1 Å². The minimum absolute atomic E-state index is 0.490. The van der Waals surface area contributed by atoms with Crippen molar-refractivity contribution >= 4 is 28.5 Å². The van der Waals surface area contributed by atoms with Crippen LogP contribution in [-0.2, 0) is 4.79 Å². The van der Waals surface area contributed by atoms with Gasteiger partial charge in [0.25, 0.3) is 0 Å². The van der Waals surface area contributed by atoms with E-state index in [-0.39, 0.29) is 0 Å². The van der Waals surface area contributed by atoms with Crippen molar-refractivity contribution in [2.75, 3.05) is 5.32 Å². The number of anilines is 1. The molecule has 0 aliphatic rings. The maximum Gasteiger partial charge on any atom is 0.212 e. The van der Waals surface area contributed by atoms with Crippen molar-refractivity contribution in [3.05, 3.63) is 54.1 Å². The van der Waals surface area contributed by atoms with Gasteiger partial charge in [0.15, 0.2) is 0 Å². The molecule has 0 saturated heterocycles. The van der Waals surface area contributed by atoms with Gasteiger partial charge in [-0.15, -0.1) is 0 Å². The van der Waals surface area contributed by atoms with Gasteiger partial charge in [0, 0.05) is 28.7 Å². The van der Waals surface area contributed by atoms with E-state index in [0.29, 0.717) is 24.3 Å². The Labute approximate surface area is 155 Å². The number of hydrogen-bond acceptors (Lipinski definition) is 5. The molecule has 4 aromatic rings. The molecule has 0 spiro atoms. The van der Waals surface area contributed by atoms with Gasteiger partial charge in [-0.25, -0.2) is 9.50 Å². The monoisotopic (exact) mass is 361 g/mol. The van der Waals surface area contributed by atoms with Crippen LogP contribution in [0, 0.1) is 6.92 Å². The predicted molar refractivity (Wildman–Crippen MR) is 103 cm³/mol. The number of rotatable bonds is 5. The molecule has 2 N–H and O–H groups in total. The summed E-state index contributed by atoms with van der Waals surface area (Å²) in [4.78, 5) is 19.4. The summed E-state index contributed by atoms with van der Waals surface area (Å²) < 4.78 is 1.85. The smallest absolute Gasteiger partial charge is 0.212 e. The van der Waals surface area contributed by atoms with Gasteiger partial charge in [0.1, 0.15) is 5.82 Å². The Morgan fingerprint density at radius 2 is 2.11 bits per heavy atom. The molecular formula is C20H19N5O2. The van der Waals surface area contributed by atoms with Crippen molar-refractivity contribution in [3.63, 3.8) is 0 Å². The normalized spacial score (nSPS) is 12.4. The molecule has 7 nitrogen and oxygen atoms in total. The van der Waals surface area contributed by atoms with E-state index in [9.17, 15) is 9.90 Å². The Balaban J connectivity index is 1.93. The largest absolute Gasteiger partial charge is 0.387 e. The fourth-order valence-corrected chi connectivity index (χ4v) is 3.28. The van der Waals surface area contributed by atoms with Gasteiger partial charge >= 0.3 is 0 Å². The zero-order valence-corrected chi connectivity index (χ0v) is 15.0. The third-order valence-electron chi connectivity index (χ3n) is 4.72. The molecule has 136 valence electrons. The minimum Gasteiger partial charge on any atom is -0.387 e. The maximum absolute atomic E-state index is 10.7. The van der Waals surface area contributed by atoms with Crippen molar-refractivity contribution in [2.45, 2.75) is 26.4 Å². The van der Waals surface area contributed by atoms with E-state index in [2.05, 4.69) is 20.4 Å². The molecule has 0 radical (unpaired) electrons. The minimum atomic E-state index is -0.563. The number of aryl methyl sites for hydroxylation is 1. The lowest BCUT2D eigenvalue weighted by Gasteiger charge is -2.14. The Morgan fingerprint density at radius 3 is 2.85 bits per heavy atom. The molecule has 0 aromatic carbocycles. The molecule has 4 aromatic heterocycles. The summed E-state index contributed by atoms with van der Waals surface area (Å²) >= 11 is 0. The molecule has 7 heteroatoms. The topological polar surface area (TPSA) is 92.4 Å². The highest BCUT2D eigenvalue weighted by Crippen LogP contribution is 2.31. The van der Waals surface area contributed by atoms with Crippen LogP contribution in [0.1, 0.15) is 30.7 Å². The van der Waals surface area contributed by atoms with E-state index >= 15 is 0 Å². The Morgan fingerprint density at radius 1 is 1.26 bits per heavy atom. The Hall–Kier alpha value is -3.32. The molecular weight excluding hydrogens is 342 g/mol. The van der Waals surface area contributed by atoms with Crippen molar-refractivity contribution in [3.8, 4) is 11.3 Å². The highest BCUT2D eigenvalue weighted by atomic mass is 16.3. The molecule has 0 aliphatic carbocycles. The second-order valence-corrected chi connectivity index (χ2v) is 6.42. The van der Waals surface area contributed by atoms with Crippen molar-refractivity contribution in [2.24, 2.45) is 0 Å². The van der Waals surface area contributed by atoms with Gasteiger partial charge in [-0.2, -0.15) is 5.10 Å². The molecule has 4 heterocycles. The SMILES string of the molecule is CCC(O)c1cc(C)c(-c2cc3cnc(NC=O)cc3c3ccnn23)cn1. The first kappa shape index (κ1) is 17.1. The molecule has 1 amide bonds. The van der Waals surface area contributed by atoms with Crippen LogP contribution in [-0.4, -0.2) is 31.1 Å². The number of aliphatic hydroxyl groups is 1. The number of pyridine rings is 3. The molecule has 1 atom stereocenters. The lowest BCUT2D eigenvalue weighted by atomic mass is 10.0. The summed E-state index contributed by atoms with van der Waals surface area (Å²) in [5.41, 5.74) is 4.42. The first-order chi connectivity index (χ1) is 13.1. The molecule has 0 saturated carbocycles. The van der Waals surface area contributed by atoms with E-state index in [1.165, 1.54) is 0 Å². The van der Waals surface area contributed by atoms with Gasteiger partial charge in [0.05, 0.1) is 29.2 Å². The van der Waals surface area contributed by atoms with Crippen LogP contribution in [0.3, 0.4) is 0 Å². The van der Waals surface area contributed by atoms with Gasteiger partial charge in [-0.3, -0.25) is 9.78 Å². The van der Waals surface area contributed by atoms with Crippen LogP contribution < -0.4 is 5.32 Å². The average Bonchev–Trinajstić information content (AvgIpc) is 3.17. The fraction of sp³-hybridized carbons (Fsp3) is 0.200. The van der Waals surface area contributed by atoms with Crippen molar-refractivity contribution in [1.29, 1.82) is 0 Å². The van der Waals surface area contributed by atoms with E-state index in [1.807, 2.05) is 42.6 Å². The van der Waals surface area contributed by atoms with Crippen LogP contribution >= 0.6 is 0 Å². The Bertz CT molecular complexity index is 1150. The number of aromatic nitrogens is 4. The molecule has 0 fully saturated rings. The number of hydrogen-bond donors (Lipinski definition) is 2. The van der Waals surface area contributed by atoms with Gasteiger partial charge < -0.3 is 10.4 Å². The number of nitrogens with zero attached hydrogens (tertiary/aromatic N) is 4. The van der Waals surface area contributed by atoms with Crippen LogP contribution in [0.4, 0.5) is 5.82 Å². The zero-order valence-electron chi connectivity index (χ0n) is 15.0. The second kappa shape index (κ2) is 6.77. The van der Waals surface area contributed by atoms with E-state index in [1.54, 1.807) is 18.6 Å². The number of carbonyl (C=O) groups excluding carboxylic acids is 1. The third-order valence-corrected chi connectivity index (χ3v) is 4.72. The summed E-state index contributed by atoms with van der Waals surface area (Å²) in [6, 6.07) is 7.68. The third kappa shape index (κ3) is 2.92. The molecule has 4 rings (SSSR count). The highest BCUT2D eigenvalue weighted by Gasteiger charge is 2.14. The van der Waals surface area contributed by atoms with Crippen molar-refractivity contribution < 1.29 is 9.90 Å². The zero-order chi connectivity index (χ0) is 19.0. The highest BCUT2D eigenvalue weighted by molar-refractivity contribution is 5.99. The van der Waals surface area contributed by atoms with E-state index < -0.39 is 6.10 Å². The quantitative estimate of drug-likeness (QED) is 0.532. The lowest BCUT2D eigenvalue weighted by Crippen LogP contribution is -2.03. The Kier molecular flexibility index (Phi) is 4.29. The summed E-state index contributed by atoms with van der Waals surface area (Å²) in [6.45, 7) is 3.92. The summed E-state index contributed by atoms with van der Waals surface area (Å²) in [7, 11) is 0. The summed E-state index contributed by atoms with van der Waals surface area (Å²) in [6.07, 6.45) is 5.92. The average molecular weight is 361 g/mol. The first-order valence-electron chi connectivity index (χ1n) is 8.74. The number of nitrogens with one attached hydrogen (secondary N) is 1. The number of carbonyl (C=O) groups is 1. The van der Waals surface area contributed by atoms with Gasteiger partial charge in [-0.1, -0.05) is 6.92 Å². The van der Waals surface area contributed by atoms with Crippen LogP contribution in [0.2, 0.25) is 0 Å². The van der Waals surface area contributed by atoms with Crippen LogP contribution in [0.15, 0.2) is 42.9 Å². The fourth-order valence-electron chi connectivity index (χ4n) is 3.28. The summed E-state index contributed by atoms with van der Waals surface area (Å²) in [5, 5.41) is 19.0. The molecule has 0 bridgehead atoms. The van der Waals surface area contributed by atoms with Crippen LogP contribution in [0.5, 0.6) is 0 Å². The lowest BCUT2D eigenvalue weighted by molar-refractivity contribution is -0.105. The number of aliphatic hydroxyl groups excluding tert-OH is 1. The predicted octanol–water partition coefficient (Wildman–Crippen LogP) is 3.26. The number of fused-ring (bicyclic) bond motifs is 3. The number of amides is 1. The first-order valence-corrected chi connectivity index (χ1v) is 8.74. The summed E-state index contributed by atoms with van der Waals surface area (Å²) in [5.74, 6) is 0.490.